The second-order valence-electron chi connectivity index (χ2n) is 8.38. The molecule has 174 valence electrons. The van der Waals surface area contributed by atoms with Gasteiger partial charge < -0.3 is 14.6 Å². The van der Waals surface area contributed by atoms with Crippen molar-refractivity contribution in [1.29, 1.82) is 0 Å². The van der Waals surface area contributed by atoms with Gasteiger partial charge in [-0.3, -0.25) is 9.69 Å². The average molecular weight is 449 g/mol. The van der Waals surface area contributed by atoms with Crippen LogP contribution in [0.3, 0.4) is 0 Å². The van der Waals surface area contributed by atoms with Gasteiger partial charge in [0.05, 0.1) is 6.61 Å². The Kier molecular flexibility index (Phi) is 8.09. The van der Waals surface area contributed by atoms with E-state index in [-0.39, 0.29) is 5.91 Å². The van der Waals surface area contributed by atoms with Gasteiger partial charge in [0, 0.05) is 37.5 Å². The number of nitrogens with zero attached hydrogens (tertiary/aromatic N) is 3. The average Bonchev–Trinajstić information content (AvgIpc) is 3.33. The van der Waals surface area contributed by atoms with Gasteiger partial charge in [0.1, 0.15) is 5.75 Å². The number of aromatic nitrogens is 2. The fourth-order valence-electron chi connectivity index (χ4n) is 4.20. The summed E-state index contributed by atoms with van der Waals surface area (Å²) in [6.45, 7) is 5.25. The molecule has 0 spiro atoms. The Morgan fingerprint density at radius 2 is 1.97 bits per heavy atom. The summed E-state index contributed by atoms with van der Waals surface area (Å²) in [5.74, 6) is 1.81. The lowest BCUT2D eigenvalue weighted by atomic mass is 10.0. The number of nitrogens with one attached hydrogen (secondary N) is 1. The second kappa shape index (κ2) is 11.6. The van der Waals surface area contributed by atoms with Crippen LogP contribution in [0, 0.1) is 0 Å². The molecule has 0 radical (unpaired) electrons. The van der Waals surface area contributed by atoms with Crippen LogP contribution in [-0.2, 0) is 17.8 Å². The lowest BCUT2D eigenvalue weighted by molar-refractivity contribution is -0.121. The van der Waals surface area contributed by atoms with Crippen LogP contribution in [-0.4, -0.2) is 46.7 Å². The molecule has 33 heavy (non-hydrogen) atoms. The Labute approximate surface area is 195 Å². The third-order valence-electron chi connectivity index (χ3n) is 5.97. The summed E-state index contributed by atoms with van der Waals surface area (Å²) in [5, 5.41) is 7.15. The maximum Gasteiger partial charge on any atom is 0.227 e. The third kappa shape index (κ3) is 6.65. The Morgan fingerprint density at radius 3 is 2.76 bits per heavy atom. The Hall–Kier alpha value is -3.19. The van der Waals surface area contributed by atoms with Gasteiger partial charge in [0.2, 0.25) is 17.6 Å². The molecule has 1 amide bonds. The first-order chi connectivity index (χ1) is 16.2. The molecule has 7 heteroatoms. The molecule has 1 atom stereocenters. The van der Waals surface area contributed by atoms with Gasteiger partial charge in [-0.1, -0.05) is 41.9 Å². The van der Waals surface area contributed by atoms with Crippen molar-refractivity contribution in [2.24, 2.45) is 0 Å². The number of rotatable bonds is 10. The molecule has 0 aliphatic carbocycles. The van der Waals surface area contributed by atoms with Crippen molar-refractivity contribution in [2.45, 2.75) is 51.6 Å². The van der Waals surface area contributed by atoms with E-state index >= 15 is 0 Å². The van der Waals surface area contributed by atoms with E-state index in [2.05, 4.69) is 44.6 Å². The fraction of sp³-hybridized carbons (Fsp3) is 0.423. The van der Waals surface area contributed by atoms with E-state index in [1.807, 2.05) is 37.3 Å². The number of aryl methyl sites for hydroxylation is 1. The summed E-state index contributed by atoms with van der Waals surface area (Å²) >= 11 is 0. The summed E-state index contributed by atoms with van der Waals surface area (Å²) in [6.07, 6.45) is 4.29. The first-order valence-corrected chi connectivity index (χ1v) is 11.8. The molecule has 1 aliphatic rings. The number of amides is 1. The molecule has 1 aliphatic heterocycles. The summed E-state index contributed by atoms with van der Waals surface area (Å²) in [5.41, 5.74) is 2.17. The molecular formula is C26H32N4O3. The van der Waals surface area contributed by atoms with Gasteiger partial charge in [-0.15, -0.1) is 0 Å². The van der Waals surface area contributed by atoms with Crippen molar-refractivity contribution in [1.82, 2.24) is 20.4 Å². The number of piperidine rings is 1. The molecule has 1 N–H and O–H groups in total. The second-order valence-corrected chi connectivity index (χ2v) is 8.38. The van der Waals surface area contributed by atoms with Crippen LogP contribution in [0.1, 0.15) is 44.1 Å². The molecule has 1 saturated heterocycles. The van der Waals surface area contributed by atoms with Crippen LogP contribution in [0.4, 0.5) is 0 Å². The van der Waals surface area contributed by atoms with Crippen LogP contribution in [0.5, 0.6) is 5.75 Å². The first kappa shape index (κ1) is 23.0. The zero-order chi connectivity index (χ0) is 22.9. The molecule has 2 aromatic carbocycles. The van der Waals surface area contributed by atoms with Crippen molar-refractivity contribution in [3.05, 3.63) is 66.1 Å². The van der Waals surface area contributed by atoms with E-state index in [1.165, 1.54) is 18.4 Å². The van der Waals surface area contributed by atoms with Crippen LogP contribution in [0.2, 0.25) is 0 Å². The maximum atomic E-state index is 12.5. The molecule has 2 heterocycles. The molecule has 3 aromatic rings. The van der Waals surface area contributed by atoms with Gasteiger partial charge in [-0.25, -0.2) is 0 Å². The monoisotopic (exact) mass is 448 g/mol. The highest BCUT2D eigenvalue weighted by Gasteiger charge is 2.23. The minimum Gasteiger partial charge on any atom is -0.494 e. The Morgan fingerprint density at radius 1 is 1.15 bits per heavy atom. The van der Waals surface area contributed by atoms with Gasteiger partial charge in [0.15, 0.2) is 0 Å². The number of hydrogen-bond donors (Lipinski definition) is 1. The predicted molar refractivity (Wildman–Crippen MR) is 127 cm³/mol. The van der Waals surface area contributed by atoms with Gasteiger partial charge in [0.25, 0.3) is 0 Å². The Bertz CT molecular complexity index is 1000. The molecule has 1 aromatic heterocycles. The number of benzene rings is 2. The minimum absolute atomic E-state index is 0.0149. The molecule has 7 nitrogen and oxygen atoms in total. The first-order valence-electron chi connectivity index (χ1n) is 11.8. The lowest BCUT2D eigenvalue weighted by Crippen LogP contribution is -2.46. The number of carbonyl (C=O) groups is 1. The zero-order valence-corrected chi connectivity index (χ0v) is 19.2. The third-order valence-corrected chi connectivity index (χ3v) is 5.97. The highest BCUT2D eigenvalue weighted by molar-refractivity contribution is 5.76. The van der Waals surface area contributed by atoms with E-state index in [4.69, 9.17) is 9.26 Å². The number of carbonyl (C=O) groups excluding carboxylic acids is 1. The van der Waals surface area contributed by atoms with Crippen LogP contribution >= 0.6 is 0 Å². The molecular weight excluding hydrogens is 416 g/mol. The summed E-state index contributed by atoms with van der Waals surface area (Å²) in [7, 11) is 0. The van der Waals surface area contributed by atoms with Crippen molar-refractivity contribution >= 4 is 5.91 Å². The normalized spacial score (nSPS) is 16.5. The van der Waals surface area contributed by atoms with Crippen molar-refractivity contribution in [3.8, 4) is 17.1 Å². The van der Waals surface area contributed by atoms with Crippen LogP contribution in [0.15, 0.2) is 59.1 Å². The van der Waals surface area contributed by atoms with Crippen LogP contribution < -0.4 is 10.1 Å². The molecule has 1 fully saturated rings. The SMILES string of the molecule is CCOc1ccc(-c2noc(CCC(=O)NCC3CCCCN3Cc3ccccc3)n2)cc1. The van der Waals surface area contributed by atoms with Gasteiger partial charge >= 0.3 is 0 Å². The summed E-state index contributed by atoms with van der Waals surface area (Å²) in [6, 6.07) is 18.5. The lowest BCUT2D eigenvalue weighted by Gasteiger charge is -2.35. The van der Waals surface area contributed by atoms with E-state index in [0.29, 0.717) is 43.8 Å². The fourth-order valence-corrected chi connectivity index (χ4v) is 4.20. The Balaban J connectivity index is 1.24. The molecule has 1 unspecified atom stereocenters. The smallest absolute Gasteiger partial charge is 0.227 e. The highest BCUT2D eigenvalue weighted by atomic mass is 16.5. The highest BCUT2D eigenvalue weighted by Crippen LogP contribution is 2.21. The van der Waals surface area contributed by atoms with Gasteiger partial charge in [-0.2, -0.15) is 4.98 Å². The predicted octanol–water partition coefficient (Wildman–Crippen LogP) is 4.24. The molecule has 0 bridgehead atoms. The summed E-state index contributed by atoms with van der Waals surface area (Å²) < 4.78 is 10.8. The zero-order valence-electron chi connectivity index (χ0n) is 19.2. The minimum atomic E-state index is 0.0149. The number of ether oxygens (including phenoxy) is 1. The quantitative estimate of drug-likeness (QED) is 0.500. The van der Waals surface area contributed by atoms with E-state index in [9.17, 15) is 4.79 Å². The molecule has 0 saturated carbocycles. The van der Waals surface area contributed by atoms with E-state index in [0.717, 1.165) is 30.8 Å². The van der Waals surface area contributed by atoms with E-state index in [1.54, 1.807) is 0 Å². The number of likely N-dealkylation sites (tertiary alicyclic amines) is 1. The van der Waals surface area contributed by atoms with Crippen molar-refractivity contribution in [2.75, 3.05) is 19.7 Å². The van der Waals surface area contributed by atoms with Crippen LogP contribution in [0.25, 0.3) is 11.4 Å². The van der Waals surface area contributed by atoms with Crippen molar-refractivity contribution < 1.29 is 14.1 Å². The standard InChI is InChI=1S/C26H32N4O3/c1-2-32-23-13-11-21(12-14-23)26-28-25(33-29-26)16-15-24(31)27-18-22-10-6-7-17-30(22)19-20-8-4-3-5-9-20/h3-5,8-9,11-14,22H,2,6-7,10,15-19H2,1H3,(H,27,31). The largest absolute Gasteiger partial charge is 0.494 e. The van der Waals surface area contributed by atoms with E-state index < -0.39 is 0 Å². The van der Waals surface area contributed by atoms with Gasteiger partial charge in [-0.05, 0) is 56.1 Å². The van der Waals surface area contributed by atoms with Crippen molar-refractivity contribution in [3.63, 3.8) is 0 Å². The summed E-state index contributed by atoms with van der Waals surface area (Å²) in [4.78, 5) is 19.4. The topological polar surface area (TPSA) is 80.5 Å². The number of hydrogen-bond acceptors (Lipinski definition) is 6. The maximum absolute atomic E-state index is 12.5. The molecule has 4 rings (SSSR count).